The zero-order valence-electron chi connectivity index (χ0n) is 13.7. The van der Waals surface area contributed by atoms with Crippen molar-refractivity contribution in [2.24, 2.45) is 0 Å². The van der Waals surface area contributed by atoms with Crippen molar-refractivity contribution in [2.45, 2.75) is 25.9 Å². The van der Waals surface area contributed by atoms with Gasteiger partial charge in [-0.3, -0.25) is 4.79 Å². The van der Waals surface area contributed by atoms with E-state index in [1.54, 1.807) is 17.9 Å². The Morgan fingerprint density at radius 2 is 1.83 bits per heavy atom. The number of amides is 1. The van der Waals surface area contributed by atoms with Gasteiger partial charge in [-0.2, -0.15) is 5.10 Å². The van der Waals surface area contributed by atoms with Crippen LogP contribution >= 0.6 is 0 Å². The fraction of sp³-hybridized carbons (Fsp3) is 0.412. The maximum absolute atomic E-state index is 12.6. The van der Waals surface area contributed by atoms with E-state index in [2.05, 4.69) is 24.3 Å². The number of hydrogen-bond acceptors (Lipinski definition) is 4. The van der Waals surface area contributed by atoms with Gasteiger partial charge in [0.1, 0.15) is 5.75 Å². The van der Waals surface area contributed by atoms with E-state index in [4.69, 9.17) is 4.74 Å². The first-order valence-electron chi connectivity index (χ1n) is 7.82. The van der Waals surface area contributed by atoms with E-state index in [9.17, 15) is 4.79 Å². The molecule has 0 spiro atoms. The molecule has 1 aliphatic rings. The molecular formula is C17H22N4O2. The van der Waals surface area contributed by atoms with Crippen molar-refractivity contribution in [3.8, 4) is 11.4 Å². The zero-order valence-corrected chi connectivity index (χ0v) is 13.7. The molecule has 23 heavy (non-hydrogen) atoms. The van der Waals surface area contributed by atoms with Gasteiger partial charge >= 0.3 is 0 Å². The van der Waals surface area contributed by atoms with E-state index in [0.29, 0.717) is 30.9 Å². The molecule has 0 aliphatic carbocycles. The van der Waals surface area contributed by atoms with Crippen LogP contribution in [0.2, 0.25) is 0 Å². The molecule has 6 nitrogen and oxygen atoms in total. The summed E-state index contributed by atoms with van der Waals surface area (Å²) in [7, 11) is 1.63. The van der Waals surface area contributed by atoms with Gasteiger partial charge in [-0.15, -0.1) is 0 Å². The monoisotopic (exact) mass is 314 g/mol. The number of carbonyl (C=O) groups excluding carboxylic acids is 1. The Morgan fingerprint density at radius 3 is 2.43 bits per heavy atom. The molecule has 2 aromatic rings. The minimum Gasteiger partial charge on any atom is -0.497 e. The lowest BCUT2D eigenvalue weighted by Crippen LogP contribution is -2.55. The molecule has 0 unspecified atom stereocenters. The van der Waals surface area contributed by atoms with Crippen LogP contribution in [0.1, 0.15) is 24.3 Å². The minimum absolute atomic E-state index is 0.0162. The lowest BCUT2D eigenvalue weighted by atomic mass is 10.1. The van der Waals surface area contributed by atoms with Crippen LogP contribution in [-0.4, -0.2) is 52.9 Å². The number of carbonyl (C=O) groups is 1. The second-order valence-corrected chi connectivity index (χ2v) is 6.02. The SMILES string of the molecule is COc1ccc(-n2ccc(C(=O)N3C[C@@H](C)N[C@H](C)C3)n2)cc1. The first-order valence-corrected chi connectivity index (χ1v) is 7.82. The molecule has 1 aromatic heterocycles. The molecule has 1 aromatic carbocycles. The summed E-state index contributed by atoms with van der Waals surface area (Å²) in [6.07, 6.45) is 1.81. The molecule has 1 amide bonds. The molecule has 2 heterocycles. The fourth-order valence-corrected chi connectivity index (χ4v) is 2.97. The standard InChI is InChI=1S/C17H22N4O2/c1-12-10-20(11-13(2)18-12)17(22)16-8-9-21(19-16)14-4-6-15(23-3)7-5-14/h4-9,12-13,18H,10-11H2,1-3H3/t12-,13-/m1/s1. The number of nitrogens with zero attached hydrogens (tertiary/aromatic N) is 3. The zero-order chi connectivity index (χ0) is 16.4. The van der Waals surface area contributed by atoms with Crippen LogP contribution < -0.4 is 10.1 Å². The third-order valence-electron chi connectivity index (χ3n) is 3.99. The van der Waals surface area contributed by atoms with E-state index in [1.165, 1.54) is 0 Å². The highest BCUT2D eigenvalue weighted by molar-refractivity contribution is 5.92. The van der Waals surface area contributed by atoms with Crippen LogP contribution in [0.3, 0.4) is 0 Å². The van der Waals surface area contributed by atoms with E-state index in [-0.39, 0.29) is 5.91 Å². The number of piperazine rings is 1. The minimum atomic E-state index is -0.0162. The second kappa shape index (κ2) is 6.42. The van der Waals surface area contributed by atoms with E-state index in [1.807, 2.05) is 35.4 Å². The highest BCUT2D eigenvalue weighted by Crippen LogP contribution is 2.15. The fourth-order valence-electron chi connectivity index (χ4n) is 2.97. The van der Waals surface area contributed by atoms with Gasteiger partial charge in [-0.25, -0.2) is 4.68 Å². The molecule has 1 saturated heterocycles. The summed E-state index contributed by atoms with van der Waals surface area (Å²) in [5.74, 6) is 0.776. The van der Waals surface area contributed by atoms with Crippen LogP contribution in [0.5, 0.6) is 5.75 Å². The van der Waals surface area contributed by atoms with E-state index in [0.717, 1.165) is 11.4 Å². The van der Waals surface area contributed by atoms with Crippen LogP contribution in [0, 0.1) is 0 Å². The average molecular weight is 314 g/mol. The maximum atomic E-state index is 12.6. The number of nitrogens with one attached hydrogen (secondary N) is 1. The molecule has 0 radical (unpaired) electrons. The van der Waals surface area contributed by atoms with Gasteiger partial charge in [0.25, 0.3) is 5.91 Å². The third kappa shape index (κ3) is 3.37. The van der Waals surface area contributed by atoms with Crippen molar-refractivity contribution in [1.82, 2.24) is 20.0 Å². The topological polar surface area (TPSA) is 59.4 Å². The molecular weight excluding hydrogens is 292 g/mol. The van der Waals surface area contributed by atoms with Gasteiger partial charge in [0, 0.05) is 31.4 Å². The predicted octanol–water partition coefficient (Wildman–Crippen LogP) is 1.70. The van der Waals surface area contributed by atoms with Crippen LogP contribution in [0.25, 0.3) is 5.69 Å². The lowest BCUT2D eigenvalue weighted by molar-refractivity contribution is 0.0667. The summed E-state index contributed by atoms with van der Waals surface area (Å²) in [6, 6.07) is 9.93. The summed E-state index contributed by atoms with van der Waals surface area (Å²) < 4.78 is 6.86. The summed E-state index contributed by atoms with van der Waals surface area (Å²) in [6.45, 7) is 5.59. The average Bonchev–Trinajstić information content (AvgIpc) is 3.03. The van der Waals surface area contributed by atoms with E-state index < -0.39 is 0 Å². The Bertz CT molecular complexity index is 670. The Morgan fingerprint density at radius 1 is 1.17 bits per heavy atom. The molecule has 1 aliphatic heterocycles. The summed E-state index contributed by atoms with van der Waals surface area (Å²) in [5, 5.41) is 7.85. The number of benzene rings is 1. The van der Waals surface area contributed by atoms with Crippen LogP contribution in [0.4, 0.5) is 0 Å². The predicted molar refractivity (Wildman–Crippen MR) is 88.1 cm³/mol. The second-order valence-electron chi connectivity index (χ2n) is 6.02. The maximum Gasteiger partial charge on any atom is 0.274 e. The highest BCUT2D eigenvalue weighted by Gasteiger charge is 2.26. The number of aromatic nitrogens is 2. The Balaban J connectivity index is 1.76. The van der Waals surface area contributed by atoms with E-state index >= 15 is 0 Å². The van der Waals surface area contributed by atoms with Gasteiger partial charge in [-0.05, 0) is 44.2 Å². The van der Waals surface area contributed by atoms with Crippen LogP contribution in [0.15, 0.2) is 36.5 Å². The third-order valence-corrected chi connectivity index (χ3v) is 3.99. The highest BCUT2D eigenvalue weighted by atomic mass is 16.5. The van der Waals surface area contributed by atoms with Crippen molar-refractivity contribution < 1.29 is 9.53 Å². The summed E-state index contributed by atoms with van der Waals surface area (Å²) in [4.78, 5) is 14.5. The summed E-state index contributed by atoms with van der Waals surface area (Å²) >= 11 is 0. The van der Waals surface area contributed by atoms with Crippen molar-refractivity contribution in [3.63, 3.8) is 0 Å². The van der Waals surface area contributed by atoms with Crippen molar-refractivity contribution in [2.75, 3.05) is 20.2 Å². The first-order chi connectivity index (χ1) is 11.1. The smallest absolute Gasteiger partial charge is 0.274 e. The Hall–Kier alpha value is -2.34. The van der Waals surface area contributed by atoms with Gasteiger partial charge in [0.05, 0.1) is 12.8 Å². The lowest BCUT2D eigenvalue weighted by Gasteiger charge is -2.35. The van der Waals surface area contributed by atoms with Gasteiger partial charge in [-0.1, -0.05) is 0 Å². The molecule has 6 heteroatoms. The normalized spacial score (nSPS) is 21.3. The largest absolute Gasteiger partial charge is 0.497 e. The van der Waals surface area contributed by atoms with Gasteiger partial charge < -0.3 is 15.0 Å². The number of hydrogen-bond donors (Lipinski definition) is 1. The first kappa shape index (κ1) is 15.6. The number of rotatable bonds is 3. The molecule has 1 N–H and O–H groups in total. The molecule has 0 bridgehead atoms. The molecule has 3 rings (SSSR count). The molecule has 122 valence electrons. The molecule has 2 atom stereocenters. The van der Waals surface area contributed by atoms with Gasteiger partial charge in [0.15, 0.2) is 5.69 Å². The Labute approximate surface area is 136 Å². The Kier molecular flexibility index (Phi) is 4.34. The molecule has 0 saturated carbocycles. The number of ether oxygens (including phenoxy) is 1. The molecule has 1 fully saturated rings. The number of methoxy groups -OCH3 is 1. The van der Waals surface area contributed by atoms with Crippen molar-refractivity contribution in [3.05, 3.63) is 42.2 Å². The summed E-state index contributed by atoms with van der Waals surface area (Å²) in [5.41, 5.74) is 1.37. The van der Waals surface area contributed by atoms with Crippen molar-refractivity contribution in [1.29, 1.82) is 0 Å². The van der Waals surface area contributed by atoms with Crippen molar-refractivity contribution >= 4 is 5.91 Å². The quantitative estimate of drug-likeness (QED) is 0.937. The van der Waals surface area contributed by atoms with Gasteiger partial charge in [0.2, 0.25) is 0 Å². The van der Waals surface area contributed by atoms with Crippen LogP contribution in [-0.2, 0) is 0 Å².